The lowest BCUT2D eigenvalue weighted by Gasteiger charge is -2.08. The van der Waals surface area contributed by atoms with Crippen molar-refractivity contribution in [3.63, 3.8) is 0 Å². The second-order valence-electron chi connectivity index (χ2n) is 4.53. The van der Waals surface area contributed by atoms with Gasteiger partial charge in [-0.25, -0.2) is 4.68 Å². The molecule has 0 fully saturated rings. The van der Waals surface area contributed by atoms with Crippen LogP contribution in [0.4, 0.5) is 0 Å². The molecule has 0 amide bonds. The molecule has 0 aliphatic carbocycles. The van der Waals surface area contributed by atoms with E-state index in [1.165, 1.54) is 5.56 Å². The first-order valence-electron chi connectivity index (χ1n) is 6.33. The van der Waals surface area contributed by atoms with Gasteiger partial charge in [0.1, 0.15) is 18.7 Å². The minimum Gasteiger partial charge on any atom is -0.489 e. The summed E-state index contributed by atoms with van der Waals surface area (Å²) in [5, 5.41) is 11.1. The van der Waals surface area contributed by atoms with E-state index in [-0.39, 0.29) is 0 Å². The van der Waals surface area contributed by atoms with Crippen molar-refractivity contribution in [3.8, 4) is 11.4 Å². The number of nitrogens with zero attached hydrogens (tertiary/aromatic N) is 4. The highest BCUT2D eigenvalue weighted by Gasteiger charge is 2.01. The number of ether oxygens (including phenoxy) is 1. The summed E-state index contributed by atoms with van der Waals surface area (Å²) in [6.07, 6.45) is 1.55. The van der Waals surface area contributed by atoms with E-state index in [0.29, 0.717) is 6.61 Å². The molecule has 0 unspecified atom stereocenters. The summed E-state index contributed by atoms with van der Waals surface area (Å²) in [4.78, 5) is 0. The van der Waals surface area contributed by atoms with E-state index >= 15 is 0 Å². The Labute approximate surface area is 116 Å². The minimum atomic E-state index is 0.541. The summed E-state index contributed by atoms with van der Waals surface area (Å²) in [6, 6.07) is 16.0. The fraction of sp³-hybridized carbons (Fsp3) is 0.133. The third kappa shape index (κ3) is 2.83. The molecule has 1 aromatic heterocycles. The van der Waals surface area contributed by atoms with Gasteiger partial charge in [-0.05, 0) is 35.0 Å². The van der Waals surface area contributed by atoms with Crippen molar-refractivity contribution in [2.24, 2.45) is 0 Å². The zero-order valence-electron chi connectivity index (χ0n) is 11.1. The standard InChI is InChI=1S/C15H14N4O/c1-12-5-7-13(8-6-12)10-20-15-4-2-3-14(9-15)19-11-16-17-18-19/h2-9,11H,10H2,1H3. The van der Waals surface area contributed by atoms with Crippen LogP contribution in [0.5, 0.6) is 5.75 Å². The van der Waals surface area contributed by atoms with Gasteiger partial charge in [0.15, 0.2) is 0 Å². The van der Waals surface area contributed by atoms with Crippen molar-refractivity contribution in [2.45, 2.75) is 13.5 Å². The molecule has 5 heteroatoms. The second-order valence-corrected chi connectivity index (χ2v) is 4.53. The predicted molar refractivity (Wildman–Crippen MR) is 74.7 cm³/mol. The number of aromatic nitrogens is 4. The van der Waals surface area contributed by atoms with Crippen LogP contribution in [-0.2, 0) is 6.61 Å². The van der Waals surface area contributed by atoms with Crippen molar-refractivity contribution >= 4 is 0 Å². The molecule has 0 aliphatic rings. The lowest BCUT2D eigenvalue weighted by atomic mass is 10.2. The fourth-order valence-corrected chi connectivity index (χ4v) is 1.85. The molecule has 0 bridgehead atoms. The van der Waals surface area contributed by atoms with E-state index in [2.05, 4.69) is 46.7 Å². The fourth-order valence-electron chi connectivity index (χ4n) is 1.85. The van der Waals surface area contributed by atoms with Gasteiger partial charge >= 0.3 is 0 Å². The average molecular weight is 266 g/mol. The topological polar surface area (TPSA) is 52.8 Å². The molecule has 0 saturated heterocycles. The summed E-state index contributed by atoms with van der Waals surface area (Å²) in [5.41, 5.74) is 3.26. The molecule has 20 heavy (non-hydrogen) atoms. The van der Waals surface area contributed by atoms with Crippen molar-refractivity contribution in [1.82, 2.24) is 20.2 Å². The number of rotatable bonds is 4. The Morgan fingerprint density at radius 3 is 2.70 bits per heavy atom. The van der Waals surface area contributed by atoms with E-state index in [1.54, 1.807) is 11.0 Å². The average Bonchev–Trinajstić information content (AvgIpc) is 3.01. The molecule has 0 atom stereocenters. The molecule has 0 aliphatic heterocycles. The van der Waals surface area contributed by atoms with Crippen LogP contribution in [0.2, 0.25) is 0 Å². The molecule has 0 N–H and O–H groups in total. The number of aryl methyl sites for hydroxylation is 1. The Hall–Kier alpha value is -2.69. The van der Waals surface area contributed by atoms with Crippen molar-refractivity contribution < 1.29 is 4.74 Å². The highest BCUT2D eigenvalue weighted by molar-refractivity contribution is 5.38. The van der Waals surface area contributed by atoms with E-state index in [1.807, 2.05) is 24.3 Å². The van der Waals surface area contributed by atoms with E-state index < -0.39 is 0 Å². The van der Waals surface area contributed by atoms with Crippen molar-refractivity contribution in [1.29, 1.82) is 0 Å². The lowest BCUT2D eigenvalue weighted by molar-refractivity contribution is 0.306. The number of tetrazole rings is 1. The largest absolute Gasteiger partial charge is 0.489 e. The van der Waals surface area contributed by atoms with Gasteiger partial charge in [-0.2, -0.15) is 0 Å². The zero-order valence-corrected chi connectivity index (χ0v) is 11.1. The minimum absolute atomic E-state index is 0.541. The van der Waals surface area contributed by atoms with Gasteiger partial charge in [0.05, 0.1) is 5.69 Å². The van der Waals surface area contributed by atoms with Gasteiger partial charge in [-0.15, -0.1) is 5.10 Å². The highest BCUT2D eigenvalue weighted by atomic mass is 16.5. The van der Waals surface area contributed by atoms with Gasteiger partial charge in [-0.1, -0.05) is 35.9 Å². The van der Waals surface area contributed by atoms with Crippen LogP contribution in [0.25, 0.3) is 5.69 Å². The van der Waals surface area contributed by atoms with Crippen molar-refractivity contribution in [2.75, 3.05) is 0 Å². The van der Waals surface area contributed by atoms with Crippen LogP contribution < -0.4 is 4.74 Å². The number of hydrogen-bond donors (Lipinski definition) is 0. The molecule has 3 aromatic rings. The normalized spacial score (nSPS) is 10.4. The monoisotopic (exact) mass is 266 g/mol. The maximum absolute atomic E-state index is 5.79. The Morgan fingerprint density at radius 1 is 1.10 bits per heavy atom. The molecule has 0 radical (unpaired) electrons. The number of benzene rings is 2. The molecule has 3 rings (SSSR count). The zero-order chi connectivity index (χ0) is 13.8. The third-order valence-electron chi connectivity index (χ3n) is 2.96. The Bertz CT molecular complexity index is 677. The van der Waals surface area contributed by atoms with Gasteiger partial charge in [0.2, 0.25) is 0 Å². The molecular formula is C15H14N4O. The van der Waals surface area contributed by atoms with Crippen LogP contribution in [0.1, 0.15) is 11.1 Å². The SMILES string of the molecule is Cc1ccc(COc2cccc(-n3cnnn3)c2)cc1. The molecule has 5 nitrogen and oxygen atoms in total. The summed E-state index contributed by atoms with van der Waals surface area (Å²) < 4.78 is 7.38. The molecule has 0 spiro atoms. The molecule has 100 valence electrons. The molecule has 1 heterocycles. The first-order chi connectivity index (χ1) is 9.81. The maximum Gasteiger partial charge on any atom is 0.143 e. The summed E-state index contributed by atoms with van der Waals surface area (Å²) in [5.74, 6) is 0.790. The van der Waals surface area contributed by atoms with Crippen LogP contribution in [0.15, 0.2) is 54.9 Å². The quantitative estimate of drug-likeness (QED) is 0.728. The summed E-state index contributed by atoms with van der Waals surface area (Å²) >= 11 is 0. The Morgan fingerprint density at radius 2 is 1.95 bits per heavy atom. The molecule has 0 saturated carbocycles. The Kier molecular flexibility index (Phi) is 3.41. The van der Waals surface area contributed by atoms with E-state index in [0.717, 1.165) is 17.0 Å². The smallest absolute Gasteiger partial charge is 0.143 e. The van der Waals surface area contributed by atoms with Crippen LogP contribution in [0.3, 0.4) is 0 Å². The second kappa shape index (κ2) is 5.52. The first-order valence-corrected chi connectivity index (χ1v) is 6.33. The van der Waals surface area contributed by atoms with E-state index in [4.69, 9.17) is 4.74 Å². The highest BCUT2D eigenvalue weighted by Crippen LogP contribution is 2.17. The van der Waals surface area contributed by atoms with Crippen molar-refractivity contribution in [3.05, 3.63) is 66.0 Å². The van der Waals surface area contributed by atoms with Crippen LogP contribution in [0, 0.1) is 6.92 Å². The Balaban J connectivity index is 1.72. The predicted octanol–water partition coefficient (Wildman–Crippen LogP) is 2.55. The maximum atomic E-state index is 5.79. The van der Waals surface area contributed by atoms with E-state index in [9.17, 15) is 0 Å². The van der Waals surface area contributed by atoms with Gasteiger partial charge < -0.3 is 4.74 Å². The summed E-state index contributed by atoms with van der Waals surface area (Å²) in [7, 11) is 0. The molecule has 2 aromatic carbocycles. The number of hydrogen-bond acceptors (Lipinski definition) is 4. The lowest BCUT2D eigenvalue weighted by Crippen LogP contribution is -1.98. The van der Waals surface area contributed by atoms with Gasteiger partial charge in [0, 0.05) is 6.07 Å². The van der Waals surface area contributed by atoms with Gasteiger partial charge in [-0.3, -0.25) is 0 Å². The van der Waals surface area contributed by atoms with Crippen LogP contribution in [-0.4, -0.2) is 20.2 Å². The third-order valence-corrected chi connectivity index (χ3v) is 2.96. The summed E-state index contributed by atoms with van der Waals surface area (Å²) in [6.45, 7) is 2.61. The molecular weight excluding hydrogens is 252 g/mol. The first kappa shape index (κ1) is 12.3. The van der Waals surface area contributed by atoms with Crippen LogP contribution >= 0.6 is 0 Å². The van der Waals surface area contributed by atoms with Gasteiger partial charge in [0.25, 0.3) is 0 Å².